The number of ether oxygens (including phenoxy) is 4. The second-order valence-corrected chi connectivity index (χ2v) is 13.3. The average Bonchev–Trinajstić information content (AvgIpc) is 3.10. The lowest BCUT2D eigenvalue weighted by molar-refractivity contribution is -0.170. The molecule has 0 saturated heterocycles. The van der Waals surface area contributed by atoms with E-state index in [2.05, 4.69) is 16.0 Å². The van der Waals surface area contributed by atoms with Gasteiger partial charge in [0.2, 0.25) is 5.79 Å². The third-order valence-corrected chi connectivity index (χ3v) is 7.53. The van der Waals surface area contributed by atoms with Crippen molar-refractivity contribution in [3.8, 4) is 17.2 Å². The quantitative estimate of drug-likeness (QED) is 0.0640. The maximum Gasteiger partial charge on any atom is 0.347 e. The van der Waals surface area contributed by atoms with Crippen molar-refractivity contribution in [1.82, 2.24) is 0 Å². The van der Waals surface area contributed by atoms with E-state index in [0.29, 0.717) is 22.8 Å². The molecule has 0 aliphatic carbocycles. The minimum Gasteiger partial charge on any atom is -0.478 e. The molecule has 15 nitrogen and oxygen atoms in total. The highest BCUT2D eigenvalue weighted by molar-refractivity contribution is 6.13. The summed E-state index contributed by atoms with van der Waals surface area (Å²) < 4.78 is 21.5. The van der Waals surface area contributed by atoms with E-state index in [-0.39, 0.29) is 34.7 Å². The Hall–Kier alpha value is -6.90. The number of amides is 3. The molecule has 0 saturated carbocycles. The van der Waals surface area contributed by atoms with E-state index in [9.17, 15) is 39.0 Å². The molecule has 4 aromatic carbocycles. The van der Waals surface area contributed by atoms with Gasteiger partial charge in [0.05, 0.1) is 0 Å². The van der Waals surface area contributed by atoms with Gasteiger partial charge >= 0.3 is 11.9 Å². The number of nitrogens with one attached hydrogen (secondary N) is 3. The summed E-state index contributed by atoms with van der Waals surface area (Å²) in [6.45, 7) is 8.94. The first-order valence-corrected chi connectivity index (χ1v) is 16.3. The van der Waals surface area contributed by atoms with Gasteiger partial charge in [0.15, 0.2) is 11.2 Å². The highest BCUT2D eigenvalue weighted by Gasteiger charge is 2.30. The fraction of sp³-hybridized carbons (Fsp3) is 0.231. The van der Waals surface area contributed by atoms with Crippen LogP contribution in [0.3, 0.4) is 0 Å². The van der Waals surface area contributed by atoms with Gasteiger partial charge in [0.1, 0.15) is 17.2 Å². The molecule has 0 bridgehead atoms. The van der Waals surface area contributed by atoms with Crippen molar-refractivity contribution in [3.05, 3.63) is 108 Å². The van der Waals surface area contributed by atoms with Crippen LogP contribution >= 0.6 is 0 Å². The predicted molar refractivity (Wildman–Crippen MR) is 196 cm³/mol. The van der Waals surface area contributed by atoms with E-state index in [1.165, 1.54) is 94.4 Å². The second-order valence-electron chi connectivity index (χ2n) is 13.3. The number of hydrogen-bond donors (Lipinski definition) is 5. The Morgan fingerprint density at radius 1 is 0.500 bits per heavy atom. The Bertz CT molecular complexity index is 1940. The first-order chi connectivity index (χ1) is 25.3. The molecule has 15 heteroatoms. The molecular weight excluding hydrogens is 702 g/mol. The lowest BCUT2D eigenvalue weighted by Crippen LogP contribution is -2.37. The second kappa shape index (κ2) is 16.2. The van der Waals surface area contributed by atoms with E-state index in [1.54, 1.807) is 38.1 Å². The topological polar surface area (TPSA) is 216 Å². The standard InChI is InChI=1S/C39H39N3O12/c1-37(2,35(47)48)52-29-13-7-26(8-14-29)40-32(44)23-19-24(33(45)41-27-9-15-30(16-10-27)53-38(3,4)36(49)50)21-25(20-23)34(46)42-28-11-17-31(18-12-28)54-39(5,6)51-22-43/h7-22H,1-6H3,(H,40,44)(H,41,45)(H,42,46)(H,47,48)(H,49,50). The molecule has 4 rings (SSSR count). The Balaban J connectivity index is 1.58. The van der Waals surface area contributed by atoms with Crippen molar-refractivity contribution in [2.24, 2.45) is 0 Å². The summed E-state index contributed by atoms with van der Waals surface area (Å²) >= 11 is 0. The molecular formula is C39H39N3O12. The number of carboxylic acids is 2. The van der Waals surface area contributed by atoms with Gasteiger partial charge in [0, 0.05) is 47.6 Å². The number of anilines is 3. The highest BCUT2D eigenvalue weighted by Crippen LogP contribution is 2.25. The third kappa shape index (κ3) is 10.8. The molecule has 0 radical (unpaired) electrons. The lowest BCUT2D eigenvalue weighted by Gasteiger charge is -2.24. The number of aliphatic carboxylic acids is 2. The van der Waals surface area contributed by atoms with E-state index in [4.69, 9.17) is 18.9 Å². The highest BCUT2D eigenvalue weighted by atomic mass is 16.7. The predicted octanol–water partition coefficient (Wildman–Crippen LogP) is 6.22. The van der Waals surface area contributed by atoms with Crippen LogP contribution in [0.15, 0.2) is 91.0 Å². The summed E-state index contributed by atoms with van der Waals surface area (Å²) in [7, 11) is 0. The lowest BCUT2D eigenvalue weighted by atomic mass is 10.0. The Kier molecular flexibility index (Phi) is 12.0. The zero-order valence-electron chi connectivity index (χ0n) is 30.2. The molecule has 0 atom stereocenters. The van der Waals surface area contributed by atoms with Crippen molar-refractivity contribution in [2.75, 3.05) is 16.0 Å². The minimum absolute atomic E-state index is 0.0343. The van der Waals surface area contributed by atoms with Crippen LogP contribution in [0.5, 0.6) is 17.2 Å². The van der Waals surface area contributed by atoms with Crippen LogP contribution in [0.2, 0.25) is 0 Å². The van der Waals surface area contributed by atoms with E-state index >= 15 is 0 Å². The van der Waals surface area contributed by atoms with E-state index in [0.717, 1.165) is 0 Å². The SMILES string of the molecule is CC(C)(OC=O)Oc1ccc(NC(=O)c2cc(C(=O)Nc3ccc(OC(C)(C)C(=O)O)cc3)cc(C(=O)Nc3ccc(OC(C)(C)C(=O)O)cc3)c2)cc1. The Labute approximate surface area is 310 Å². The molecule has 0 spiro atoms. The summed E-state index contributed by atoms with van der Waals surface area (Å²) in [5.41, 5.74) is -2.11. The molecule has 3 amide bonds. The molecule has 0 aliphatic heterocycles. The van der Waals surface area contributed by atoms with Crippen LogP contribution in [0.1, 0.15) is 72.6 Å². The molecule has 0 aromatic heterocycles. The van der Waals surface area contributed by atoms with Gasteiger partial charge in [-0.2, -0.15) is 0 Å². The van der Waals surface area contributed by atoms with Gasteiger partial charge in [-0.15, -0.1) is 0 Å². The first kappa shape index (κ1) is 39.9. The van der Waals surface area contributed by atoms with Crippen molar-refractivity contribution in [3.63, 3.8) is 0 Å². The van der Waals surface area contributed by atoms with Crippen LogP contribution in [-0.2, 0) is 19.1 Å². The summed E-state index contributed by atoms with van der Waals surface area (Å²) in [5, 5.41) is 26.8. The molecule has 0 aliphatic rings. The zero-order chi connectivity index (χ0) is 39.8. The number of carbonyl (C=O) groups is 6. The number of carbonyl (C=O) groups excluding carboxylic acids is 4. The monoisotopic (exact) mass is 741 g/mol. The first-order valence-electron chi connectivity index (χ1n) is 16.3. The van der Waals surface area contributed by atoms with Gasteiger partial charge in [-0.05, 0) is 119 Å². The fourth-order valence-corrected chi connectivity index (χ4v) is 4.55. The molecule has 5 N–H and O–H groups in total. The van der Waals surface area contributed by atoms with Crippen molar-refractivity contribution >= 4 is 53.2 Å². The average molecular weight is 742 g/mol. The molecule has 0 heterocycles. The van der Waals surface area contributed by atoms with Crippen LogP contribution in [-0.4, -0.2) is 63.3 Å². The Morgan fingerprint density at radius 2 is 0.778 bits per heavy atom. The van der Waals surface area contributed by atoms with Crippen LogP contribution < -0.4 is 30.2 Å². The molecule has 0 unspecified atom stereocenters. The van der Waals surface area contributed by atoms with Crippen molar-refractivity contribution < 1.29 is 57.9 Å². The van der Waals surface area contributed by atoms with Gasteiger partial charge in [-0.3, -0.25) is 19.2 Å². The van der Waals surface area contributed by atoms with E-state index < -0.39 is 46.6 Å². The molecule has 282 valence electrons. The smallest absolute Gasteiger partial charge is 0.347 e. The summed E-state index contributed by atoms with van der Waals surface area (Å²) in [6.07, 6.45) is 0. The summed E-state index contributed by atoms with van der Waals surface area (Å²) in [6, 6.07) is 22.0. The number of benzene rings is 4. The maximum absolute atomic E-state index is 13.5. The molecule has 0 fully saturated rings. The zero-order valence-corrected chi connectivity index (χ0v) is 30.2. The van der Waals surface area contributed by atoms with Gasteiger partial charge in [-0.25, -0.2) is 9.59 Å². The summed E-state index contributed by atoms with van der Waals surface area (Å²) in [5.74, 6) is -4.68. The van der Waals surface area contributed by atoms with Crippen molar-refractivity contribution in [2.45, 2.75) is 58.5 Å². The number of carboxylic acid groups (broad SMARTS) is 2. The van der Waals surface area contributed by atoms with Gasteiger partial charge in [-0.1, -0.05) is 0 Å². The van der Waals surface area contributed by atoms with E-state index in [1.807, 2.05) is 0 Å². The Morgan fingerprint density at radius 3 is 1.04 bits per heavy atom. The van der Waals surface area contributed by atoms with Crippen LogP contribution in [0, 0.1) is 0 Å². The fourth-order valence-electron chi connectivity index (χ4n) is 4.55. The summed E-state index contributed by atoms with van der Waals surface area (Å²) in [4.78, 5) is 74.1. The number of hydrogen-bond acceptors (Lipinski definition) is 10. The normalized spacial score (nSPS) is 11.4. The third-order valence-electron chi connectivity index (χ3n) is 7.53. The van der Waals surface area contributed by atoms with Crippen LogP contribution in [0.4, 0.5) is 17.1 Å². The molecule has 4 aromatic rings. The van der Waals surface area contributed by atoms with Crippen LogP contribution in [0.25, 0.3) is 0 Å². The van der Waals surface area contributed by atoms with Crippen molar-refractivity contribution in [1.29, 1.82) is 0 Å². The molecule has 54 heavy (non-hydrogen) atoms. The maximum atomic E-state index is 13.5. The van der Waals surface area contributed by atoms with Gasteiger partial charge in [0.25, 0.3) is 24.2 Å². The number of rotatable bonds is 16. The minimum atomic E-state index is -1.49. The van der Waals surface area contributed by atoms with Gasteiger partial charge < -0.3 is 45.1 Å². The largest absolute Gasteiger partial charge is 0.478 e.